The molecular formula is C22H24N2O4S. The van der Waals surface area contributed by atoms with Gasteiger partial charge < -0.3 is 19.1 Å². The number of likely N-dealkylation sites (tertiary alicyclic amines) is 1. The van der Waals surface area contributed by atoms with Gasteiger partial charge in [0, 0.05) is 25.9 Å². The Morgan fingerprint density at radius 3 is 2.45 bits per heavy atom. The normalized spacial score (nSPS) is 14.8. The van der Waals surface area contributed by atoms with Crippen LogP contribution in [0.3, 0.4) is 0 Å². The molecule has 1 amide bonds. The zero-order valence-electron chi connectivity index (χ0n) is 16.6. The Balaban J connectivity index is 1.30. The van der Waals surface area contributed by atoms with Gasteiger partial charge >= 0.3 is 0 Å². The Bertz CT molecular complexity index is 978. The van der Waals surface area contributed by atoms with E-state index in [-0.39, 0.29) is 12.0 Å². The van der Waals surface area contributed by atoms with Crippen LogP contribution in [-0.2, 0) is 11.2 Å². The number of rotatable bonds is 6. The van der Waals surface area contributed by atoms with Crippen LogP contribution in [0, 0.1) is 0 Å². The third kappa shape index (κ3) is 4.62. The number of hydrogen-bond acceptors (Lipinski definition) is 6. The number of nitrogens with zero attached hydrogens (tertiary/aromatic N) is 2. The van der Waals surface area contributed by atoms with Gasteiger partial charge in [0.1, 0.15) is 17.6 Å². The number of carbonyl (C=O) groups is 1. The number of methoxy groups -OCH3 is 2. The molecule has 3 aromatic rings. The average Bonchev–Trinajstić information content (AvgIpc) is 3.16. The summed E-state index contributed by atoms with van der Waals surface area (Å²) in [5.41, 5.74) is 1.91. The topological polar surface area (TPSA) is 60.9 Å². The summed E-state index contributed by atoms with van der Waals surface area (Å²) in [6.07, 6.45) is 2.12. The van der Waals surface area contributed by atoms with E-state index in [2.05, 4.69) is 4.98 Å². The van der Waals surface area contributed by atoms with Crippen molar-refractivity contribution in [2.45, 2.75) is 25.4 Å². The molecule has 2 heterocycles. The van der Waals surface area contributed by atoms with Gasteiger partial charge in [0.25, 0.3) is 5.19 Å². The van der Waals surface area contributed by atoms with Crippen molar-refractivity contribution in [3.8, 4) is 16.7 Å². The number of benzene rings is 2. The second-order valence-electron chi connectivity index (χ2n) is 7.04. The third-order valence-electron chi connectivity index (χ3n) is 5.15. The lowest BCUT2D eigenvalue weighted by Gasteiger charge is -2.31. The summed E-state index contributed by atoms with van der Waals surface area (Å²) in [6.45, 7) is 1.41. The molecule has 0 unspecified atom stereocenters. The van der Waals surface area contributed by atoms with Crippen LogP contribution in [0.4, 0.5) is 0 Å². The molecule has 0 N–H and O–H groups in total. The molecule has 1 fully saturated rings. The van der Waals surface area contributed by atoms with Crippen LogP contribution in [0.5, 0.6) is 16.7 Å². The number of hydrogen-bond donors (Lipinski definition) is 0. The Kier molecular flexibility index (Phi) is 5.85. The predicted octanol–water partition coefficient (Wildman–Crippen LogP) is 3.93. The van der Waals surface area contributed by atoms with Crippen LogP contribution >= 0.6 is 11.3 Å². The van der Waals surface area contributed by atoms with E-state index in [9.17, 15) is 4.79 Å². The van der Waals surface area contributed by atoms with E-state index in [1.54, 1.807) is 14.2 Å². The summed E-state index contributed by atoms with van der Waals surface area (Å²) < 4.78 is 17.6. The Morgan fingerprint density at radius 2 is 1.76 bits per heavy atom. The number of amides is 1. The smallest absolute Gasteiger partial charge is 0.274 e. The van der Waals surface area contributed by atoms with Gasteiger partial charge in [-0.25, -0.2) is 4.98 Å². The fourth-order valence-corrected chi connectivity index (χ4v) is 4.37. The van der Waals surface area contributed by atoms with Gasteiger partial charge in [-0.1, -0.05) is 23.5 Å². The SMILES string of the molecule is COc1ccc(CC(=O)N2CCC(Oc3nc4ccc(OC)cc4s3)CC2)cc1. The average molecular weight is 413 g/mol. The first-order chi connectivity index (χ1) is 14.1. The van der Waals surface area contributed by atoms with E-state index in [4.69, 9.17) is 14.2 Å². The van der Waals surface area contributed by atoms with E-state index < -0.39 is 0 Å². The molecule has 2 aromatic carbocycles. The lowest BCUT2D eigenvalue weighted by Crippen LogP contribution is -2.42. The summed E-state index contributed by atoms with van der Waals surface area (Å²) in [7, 11) is 3.29. The van der Waals surface area contributed by atoms with Crippen LogP contribution in [0.25, 0.3) is 10.2 Å². The Morgan fingerprint density at radius 1 is 1.07 bits per heavy atom. The molecular weight excluding hydrogens is 388 g/mol. The summed E-state index contributed by atoms with van der Waals surface area (Å²) in [5, 5.41) is 0.677. The lowest BCUT2D eigenvalue weighted by molar-refractivity contribution is -0.132. The first kappa shape index (κ1) is 19.5. The van der Waals surface area contributed by atoms with E-state index in [1.165, 1.54) is 11.3 Å². The molecule has 7 heteroatoms. The molecule has 6 nitrogen and oxygen atoms in total. The van der Waals surface area contributed by atoms with E-state index in [0.29, 0.717) is 24.7 Å². The highest BCUT2D eigenvalue weighted by atomic mass is 32.1. The minimum Gasteiger partial charge on any atom is -0.497 e. The van der Waals surface area contributed by atoms with Crippen molar-refractivity contribution in [1.82, 2.24) is 9.88 Å². The number of fused-ring (bicyclic) bond motifs is 1. The zero-order valence-corrected chi connectivity index (χ0v) is 17.4. The largest absolute Gasteiger partial charge is 0.497 e. The molecule has 0 aliphatic carbocycles. The molecule has 1 aromatic heterocycles. The standard InChI is InChI=1S/C22H24N2O4S/c1-26-16-5-3-15(4-6-16)13-21(25)24-11-9-17(10-12-24)28-22-23-19-8-7-18(27-2)14-20(19)29-22/h3-8,14,17H,9-13H2,1-2H3. The van der Waals surface area contributed by atoms with E-state index >= 15 is 0 Å². The Hall–Kier alpha value is -2.80. The monoisotopic (exact) mass is 412 g/mol. The highest BCUT2D eigenvalue weighted by Crippen LogP contribution is 2.32. The highest BCUT2D eigenvalue weighted by molar-refractivity contribution is 7.20. The van der Waals surface area contributed by atoms with Crippen LogP contribution in [0.15, 0.2) is 42.5 Å². The summed E-state index contributed by atoms with van der Waals surface area (Å²) >= 11 is 1.53. The van der Waals surface area contributed by atoms with Crippen LogP contribution < -0.4 is 14.2 Å². The van der Waals surface area contributed by atoms with Crippen LogP contribution in [0.2, 0.25) is 0 Å². The second kappa shape index (κ2) is 8.69. The number of ether oxygens (including phenoxy) is 3. The quantitative estimate of drug-likeness (QED) is 0.614. The van der Waals surface area contributed by atoms with Crippen molar-refractivity contribution in [3.05, 3.63) is 48.0 Å². The van der Waals surface area contributed by atoms with Crippen molar-refractivity contribution in [1.29, 1.82) is 0 Å². The fraction of sp³-hybridized carbons (Fsp3) is 0.364. The number of carbonyl (C=O) groups excluding carboxylic acids is 1. The maximum atomic E-state index is 12.6. The fourth-order valence-electron chi connectivity index (χ4n) is 3.46. The molecule has 0 saturated carbocycles. The maximum absolute atomic E-state index is 12.6. The molecule has 0 bridgehead atoms. The summed E-state index contributed by atoms with van der Waals surface area (Å²) in [6, 6.07) is 13.5. The van der Waals surface area contributed by atoms with Gasteiger partial charge in [-0.2, -0.15) is 0 Å². The molecule has 152 valence electrons. The maximum Gasteiger partial charge on any atom is 0.274 e. The van der Waals surface area contributed by atoms with E-state index in [1.807, 2.05) is 47.4 Å². The highest BCUT2D eigenvalue weighted by Gasteiger charge is 2.24. The summed E-state index contributed by atoms with van der Waals surface area (Å²) in [4.78, 5) is 19.1. The minimum atomic E-state index is 0.0856. The lowest BCUT2D eigenvalue weighted by atomic mass is 10.1. The molecule has 1 aliphatic rings. The minimum absolute atomic E-state index is 0.0856. The second-order valence-corrected chi connectivity index (χ2v) is 8.03. The van der Waals surface area contributed by atoms with Gasteiger partial charge in [-0.05, 0) is 35.9 Å². The van der Waals surface area contributed by atoms with Crippen molar-refractivity contribution >= 4 is 27.5 Å². The number of piperidine rings is 1. The van der Waals surface area contributed by atoms with E-state index in [0.717, 1.165) is 40.1 Å². The van der Waals surface area contributed by atoms with Crippen molar-refractivity contribution in [2.24, 2.45) is 0 Å². The van der Waals surface area contributed by atoms with Crippen molar-refractivity contribution < 1.29 is 19.0 Å². The molecule has 0 atom stereocenters. The number of aromatic nitrogens is 1. The third-order valence-corrected chi connectivity index (χ3v) is 6.06. The van der Waals surface area contributed by atoms with Gasteiger partial charge in [0.15, 0.2) is 0 Å². The van der Waals surface area contributed by atoms with Crippen LogP contribution in [0.1, 0.15) is 18.4 Å². The van der Waals surface area contributed by atoms with Gasteiger partial charge in [-0.3, -0.25) is 4.79 Å². The first-order valence-corrected chi connectivity index (χ1v) is 10.5. The molecule has 4 rings (SSSR count). The molecule has 1 saturated heterocycles. The first-order valence-electron chi connectivity index (χ1n) is 9.66. The molecule has 29 heavy (non-hydrogen) atoms. The zero-order chi connectivity index (χ0) is 20.2. The van der Waals surface area contributed by atoms with Gasteiger partial charge in [-0.15, -0.1) is 0 Å². The summed E-state index contributed by atoms with van der Waals surface area (Å²) in [5.74, 6) is 1.77. The number of thiazole rings is 1. The molecule has 1 aliphatic heterocycles. The predicted molar refractivity (Wildman–Crippen MR) is 113 cm³/mol. The molecule has 0 spiro atoms. The van der Waals surface area contributed by atoms with Crippen molar-refractivity contribution in [2.75, 3.05) is 27.3 Å². The Labute approximate surface area is 174 Å². The van der Waals surface area contributed by atoms with Crippen molar-refractivity contribution in [3.63, 3.8) is 0 Å². The van der Waals surface area contributed by atoms with Gasteiger partial charge in [0.05, 0.1) is 30.9 Å². The molecule has 0 radical (unpaired) electrons. The van der Waals surface area contributed by atoms with Gasteiger partial charge in [0.2, 0.25) is 5.91 Å². The van der Waals surface area contributed by atoms with Crippen LogP contribution in [-0.4, -0.2) is 49.2 Å².